The highest BCUT2D eigenvalue weighted by Crippen LogP contribution is 2.26. The molecule has 0 unspecified atom stereocenters. The lowest BCUT2D eigenvalue weighted by Crippen LogP contribution is -2.22. The number of carbonyl (C=O) groups is 2. The van der Waals surface area contributed by atoms with E-state index >= 15 is 0 Å². The van der Waals surface area contributed by atoms with E-state index in [-0.39, 0.29) is 12.5 Å². The van der Waals surface area contributed by atoms with Crippen LogP contribution in [-0.4, -0.2) is 18.5 Å². The van der Waals surface area contributed by atoms with Gasteiger partial charge in [0.1, 0.15) is 0 Å². The number of hydrogen-bond acceptors (Lipinski definition) is 3. The van der Waals surface area contributed by atoms with E-state index in [0.29, 0.717) is 16.8 Å². The topological polar surface area (TPSA) is 55.4 Å². The van der Waals surface area contributed by atoms with Gasteiger partial charge < -0.3 is 10.1 Å². The molecule has 0 radical (unpaired) electrons. The molecule has 24 heavy (non-hydrogen) atoms. The Kier molecular flexibility index (Phi) is 5.90. The molecule has 4 nitrogen and oxygen atoms in total. The number of amides is 1. The minimum absolute atomic E-state index is 0.247. The second kappa shape index (κ2) is 8.11. The standard InChI is InChI=1S/C20H21NO3/c1-4-24-20(23)18(16-8-6-5-7-9-16)19(21-15(3)22)17-12-10-14(2)11-13-17/h5-13H,4H2,1-3H3,(H,21,22)/b19-18+. The van der Waals surface area contributed by atoms with E-state index in [9.17, 15) is 9.59 Å². The second-order valence-electron chi connectivity index (χ2n) is 5.38. The summed E-state index contributed by atoms with van der Waals surface area (Å²) in [5, 5.41) is 2.79. The minimum Gasteiger partial charge on any atom is -0.462 e. The Labute approximate surface area is 142 Å². The van der Waals surface area contributed by atoms with Crippen molar-refractivity contribution in [1.29, 1.82) is 0 Å². The Balaban J connectivity index is 2.69. The molecule has 0 aromatic heterocycles. The zero-order valence-corrected chi connectivity index (χ0v) is 14.1. The third-order valence-electron chi connectivity index (χ3n) is 3.43. The third-order valence-corrected chi connectivity index (χ3v) is 3.43. The number of rotatable bonds is 5. The summed E-state index contributed by atoms with van der Waals surface area (Å²) in [7, 11) is 0. The highest BCUT2D eigenvalue weighted by Gasteiger charge is 2.21. The summed E-state index contributed by atoms with van der Waals surface area (Å²) in [5.74, 6) is -0.712. The normalized spacial score (nSPS) is 11.5. The average molecular weight is 323 g/mol. The van der Waals surface area contributed by atoms with E-state index in [0.717, 1.165) is 11.1 Å². The van der Waals surface area contributed by atoms with Crippen LogP contribution in [-0.2, 0) is 14.3 Å². The van der Waals surface area contributed by atoms with Gasteiger partial charge in [0.05, 0.1) is 17.9 Å². The molecule has 0 aliphatic carbocycles. The highest BCUT2D eigenvalue weighted by molar-refractivity contribution is 6.25. The molecule has 0 aliphatic heterocycles. The Hall–Kier alpha value is -2.88. The number of aryl methyl sites for hydroxylation is 1. The second-order valence-corrected chi connectivity index (χ2v) is 5.38. The number of ether oxygens (including phenoxy) is 1. The summed E-state index contributed by atoms with van der Waals surface area (Å²) >= 11 is 0. The fourth-order valence-electron chi connectivity index (χ4n) is 2.35. The van der Waals surface area contributed by atoms with Crippen LogP contribution in [0.4, 0.5) is 0 Å². The van der Waals surface area contributed by atoms with E-state index in [1.165, 1.54) is 6.92 Å². The summed E-state index contributed by atoms with van der Waals surface area (Å²) in [4.78, 5) is 24.3. The molecule has 124 valence electrons. The van der Waals surface area contributed by atoms with Gasteiger partial charge in [-0.3, -0.25) is 4.79 Å². The largest absolute Gasteiger partial charge is 0.462 e. The van der Waals surface area contributed by atoms with E-state index in [1.807, 2.05) is 61.5 Å². The minimum atomic E-state index is -0.465. The van der Waals surface area contributed by atoms with Gasteiger partial charge in [-0.15, -0.1) is 0 Å². The van der Waals surface area contributed by atoms with E-state index in [1.54, 1.807) is 6.92 Å². The van der Waals surface area contributed by atoms with Crippen molar-refractivity contribution in [3.8, 4) is 0 Å². The maximum absolute atomic E-state index is 12.6. The summed E-state index contributed by atoms with van der Waals surface area (Å²) in [6.07, 6.45) is 0. The predicted molar refractivity (Wildman–Crippen MR) is 94.9 cm³/mol. The molecule has 1 N–H and O–H groups in total. The van der Waals surface area contributed by atoms with Crippen LogP contribution in [0, 0.1) is 6.92 Å². The predicted octanol–water partition coefficient (Wildman–Crippen LogP) is 3.56. The quantitative estimate of drug-likeness (QED) is 0.520. The lowest BCUT2D eigenvalue weighted by atomic mass is 9.98. The van der Waals surface area contributed by atoms with Gasteiger partial charge in [-0.1, -0.05) is 60.2 Å². The van der Waals surface area contributed by atoms with Crippen LogP contribution >= 0.6 is 0 Å². The van der Waals surface area contributed by atoms with Crippen LogP contribution in [0.5, 0.6) is 0 Å². The first kappa shape index (κ1) is 17.5. The average Bonchev–Trinajstić information content (AvgIpc) is 2.56. The summed E-state index contributed by atoms with van der Waals surface area (Å²) in [6.45, 7) is 5.41. The fourth-order valence-corrected chi connectivity index (χ4v) is 2.35. The van der Waals surface area contributed by atoms with Crippen LogP contribution in [0.3, 0.4) is 0 Å². The van der Waals surface area contributed by atoms with Crippen molar-refractivity contribution >= 4 is 23.1 Å². The molecular formula is C20H21NO3. The zero-order chi connectivity index (χ0) is 17.5. The zero-order valence-electron chi connectivity index (χ0n) is 14.1. The van der Waals surface area contributed by atoms with E-state index in [4.69, 9.17) is 4.74 Å². The number of carbonyl (C=O) groups excluding carboxylic acids is 2. The van der Waals surface area contributed by atoms with Gasteiger partial charge in [0.2, 0.25) is 5.91 Å². The molecule has 0 fully saturated rings. The third kappa shape index (κ3) is 4.32. The van der Waals surface area contributed by atoms with Crippen molar-refractivity contribution < 1.29 is 14.3 Å². The lowest BCUT2D eigenvalue weighted by molar-refractivity contribution is -0.136. The number of nitrogens with one attached hydrogen (secondary N) is 1. The Morgan fingerprint density at radius 3 is 2.12 bits per heavy atom. The van der Waals surface area contributed by atoms with Crippen LogP contribution in [0.1, 0.15) is 30.5 Å². The maximum atomic E-state index is 12.6. The molecule has 1 amide bonds. The summed E-state index contributed by atoms with van der Waals surface area (Å²) < 4.78 is 5.22. The molecule has 0 saturated heterocycles. The van der Waals surface area contributed by atoms with Crippen molar-refractivity contribution in [1.82, 2.24) is 5.32 Å². The highest BCUT2D eigenvalue weighted by atomic mass is 16.5. The van der Waals surface area contributed by atoms with E-state index in [2.05, 4.69) is 5.32 Å². The Morgan fingerprint density at radius 1 is 0.958 bits per heavy atom. The van der Waals surface area contributed by atoms with Crippen molar-refractivity contribution in [3.05, 3.63) is 71.3 Å². The fraction of sp³-hybridized carbons (Fsp3) is 0.200. The Bertz CT molecular complexity index is 746. The van der Waals surface area contributed by atoms with Gasteiger partial charge in [0, 0.05) is 6.92 Å². The van der Waals surface area contributed by atoms with Crippen molar-refractivity contribution in [3.63, 3.8) is 0 Å². The molecule has 0 aliphatic rings. The van der Waals surface area contributed by atoms with Crippen LogP contribution in [0.25, 0.3) is 11.3 Å². The van der Waals surface area contributed by atoms with Gasteiger partial charge in [-0.05, 0) is 25.0 Å². The molecule has 0 bridgehead atoms. The molecule has 2 aromatic carbocycles. The van der Waals surface area contributed by atoms with Gasteiger partial charge in [0.25, 0.3) is 0 Å². The van der Waals surface area contributed by atoms with Crippen LogP contribution in [0.15, 0.2) is 54.6 Å². The molecule has 0 atom stereocenters. The summed E-state index contributed by atoms with van der Waals surface area (Å²) in [5.41, 5.74) is 3.34. The van der Waals surface area contributed by atoms with Gasteiger partial charge in [0.15, 0.2) is 0 Å². The molecule has 2 rings (SSSR count). The van der Waals surface area contributed by atoms with Gasteiger partial charge in [-0.2, -0.15) is 0 Å². The number of benzene rings is 2. The van der Waals surface area contributed by atoms with Gasteiger partial charge in [-0.25, -0.2) is 4.79 Å². The smallest absolute Gasteiger partial charge is 0.340 e. The first-order valence-corrected chi connectivity index (χ1v) is 7.84. The first-order chi connectivity index (χ1) is 11.5. The van der Waals surface area contributed by atoms with Crippen molar-refractivity contribution in [2.45, 2.75) is 20.8 Å². The molecule has 0 spiro atoms. The summed E-state index contributed by atoms with van der Waals surface area (Å²) in [6, 6.07) is 16.8. The Morgan fingerprint density at radius 2 is 1.58 bits per heavy atom. The van der Waals surface area contributed by atoms with Crippen LogP contribution in [0.2, 0.25) is 0 Å². The van der Waals surface area contributed by atoms with Gasteiger partial charge >= 0.3 is 5.97 Å². The van der Waals surface area contributed by atoms with Crippen molar-refractivity contribution in [2.24, 2.45) is 0 Å². The molecule has 0 saturated carbocycles. The first-order valence-electron chi connectivity index (χ1n) is 7.84. The molecular weight excluding hydrogens is 302 g/mol. The van der Waals surface area contributed by atoms with Crippen LogP contribution < -0.4 is 5.32 Å². The molecule has 0 heterocycles. The number of esters is 1. The molecule has 4 heteroatoms. The lowest BCUT2D eigenvalue weighted by Gasteiger charge is -2.16. The SMILES string of the molecule is CCOC(=O)/C(=C(/NC(C)=O)c1ccc(C)cc1)c1ccccc1. The monoisotopic (exact) mass is 323 g/mol. The van der Waals surface area contributed by atoms with Crippen molar-refractivity contribution in [2.75, 3.05) is 6.61 Å². The van der Waals surface area contributed by atoms with E-state index < -0.39 is 5.97 Å². The molecule has 2 aromatic rings. The number of hydrogen-bond donors (Lipinski definition) is 1. The maximum Gasteiger partial charge on any atom is 0.340 e.